The number of pyridine rings is 2. The van der Waals surface area contributed by atoms with Gasteiger partial charge in [0.1, 0.15) is 23.0 Å². The topological polar surface area (TPSA) is 222 Å². The van der Waals surface area contributed by atoms with Crippen molar-refractivity contribution in [2.24, 2.45) is 34.6 Å². The van der Waals surface area contributed by atoms with Crippen LogP contribution in [0.2, 0.25) is 0 Å². The van der Waals surface area contributed by atoms with Crippen molar-refractivity contribution in [3.05, 3.63) is 101 Å². The fourth-order valence-electron chi connectivity index (χ4n) is 4.74. The van der Waals surface area contributed by atoms with E-state index in [0.29, 0.717) is 34.4 Å². The first-order valence-electron chi connectivity index (χ1n) is 15.8. The van der Waals surface area contributed by atoms with Gasteiger partial charge in [-0.2, -0.15) is 20.1 Å². The minimum absolute atomic E-state index is 0. The second-order valence-electron chi connectivity index (χ2n) is 13.4. The zero-order chi connectivity index (χ0) is 37.8. The second kappa shape index (κ2) is 15.8. The summed E-state index contributed by atoms with van der Waals surface area (Å²) in [4.78, 5) is 11.9. The zero-order valence-electron chi connectivity index (χ0n) is 30.2. The first kappa shape index (κ1) is 39.2. The molecular weight excluding hydrogens is 724 g/mol. The molecule has 18 nitrogen and oxygen atoms in total. The monoisotopic (exact) mass is 759 g/mol. The maximum absolute atomic E-state index is 9.34. The Balaban J connectivity index is 0.000000232. The molecule has 0 spiro atoms. The molecule has 6 heterocycles. The van der Waals surface area contributed by atoms with E-state index in [-0.39, 0.29) is 62.4 Å². The van der Waals surface area contributed by atoms with E-state index in [1.54, 1.807) is 50.8 Å². The Hall–Kier alpha value is -6.56. The third kappa shape index (κ3) is 8.33. The molecule has 0 aliphatic carbocycles. The fourth-order valence-corrected chi connectivity index (χ4v) is 4.74. The number of azo groups is 2. The van der Waals surface area contributed by atoms with Crippen LogP contribution in [0.3, 0.4) is 0 Å². The number of nitrogens with zero attached hydrogens (tertiary/aromatic N) is 16. The van der Waals surface area contributed by atoms with Crippen LogP contribution in [0.1, 0.15) is 58.5 Å². The Bertz CT molecular complexity index is 2170. The van der Waals surface area contributed by atoms with Gasteiger partial charge in [0.25, 0.3) is 5.69 Å². The summed E-state index contributed by atoms with van der Waals surface area (Å²) in [6.07, 6.45) is 6.10. The Labute approximate surface area is 316 Å². The summed E-state index contributed by atoms with van der Waals surface area (Å²) >= 11 is 0. The van der Waals surface area contributed by atoms with Crippen molar-refractivity contribution in [1.82, 2.24) is 49.1 Å². The van der Waals surface area contributed by atoms with Gasteiger partial charge < -0.3 is 20.8 Å². The van der Waals surface area contributed by atoms with Crippen molar-refractivity contribution in [2.45, 2.75) is 52.4 Å². The summed E-state index contributed by atoms with van der Waals surface area (Å²) in [5.74, 6) is 1.89. The van der Waals surface area contributed by atoms with E-state index >= 15 is 0 Å². The molecule has 1 radical (unpaired) electrons. The molecule has 0 amide bonds. The van der Waals surface area contributed by atoms with Crippen LogP contribution in [0.15, 0.2) is 81.6 Å². The maximum Gasteiger partial charge on any atom is 2.00 e. The summed E-state index contributed by atoms with van der Waals surface area (Å²) in [6, 6.07) is 12.8. The van der Waals surface area contributed by atoms with E-state index in [0.717, 1.165) is 0 Å². The molecule has 0 aliphatic rings. The Morgan fingerprint density at radius 3 is 1.58 bits per heavy atom. The molecule has 0 saturated heterocycles. The quantitative estimate of drug-likeness (QED) is 0.0908. The fraction of sp³-hybridized carbons (Fsp3) is 0.294. The van der Waals surface area contributed by atoms with Gasteiger partial charge in [-0.3, -0.25) is 10.2 Å². The van der Waals surface area contributed by atoms with Gasteiger partial charge >= 0.3 is 17.1 Å². The summed E-state index contributed by atoms with van der Waals surface area (Å²) in [6.45, 7) is 19.3. The molecule has 0 aliphatic heterocycles. The van der Waals surface area contributed by atoms with Gasteiger partial charge in [-0.25, -0.2) is 19.5 Å². The number of nitriles is 1. The Morgan fingerprint density at radius 2 is 1.17 bits per heavy atom. The third-order valence-corrected chi connectivity index (χ3v) is 7.40. The molecule has 0 aromatic carbocycles. The van der Waals surface area contributed by atoms with E-state index in [9.17, 15) is 5.26 Å². The molecule has 0 fully saturated rings. The van der Waals surface area contributed by atoms with Crippen molar-refractivity contribution in [3.8, 4) is 17.7 Å². The number of hydrogen-bond donors (Lipinski definition) is 0. The van der Waals surface area contributed by atoms with E-state index < -0.39 is 0 Å². The van der Waals surface area contributed by atoms with Crippen LogP contribution in [0.25, 0.3) is 27.9 Å². The van der Waals surface area contributed by atoms with Crippen molar-refractivity contribution in [3.63, 3.8) is 0 Å². The minimum atomic E-state index is -0.301. The summed E-state index contributed by atoms with van der Waals surface area (Å²) in [5, 5.41) is 43.4. The Kier molecular flexibility index (Phi) is 11.7. The van der Waals surface area contributed by atoms with Crippen molar-refractivity contribution < 1.29 is 17.1 Å². The van der Waals surface area contributed by atoms with Gasteiger partial charge in [0.2, 0.25) is 0 Å². The van der Waals surface area contributed by atoms with Crippen molar-refractivity contribution in [2.75, 3.05) is 0 Å². The molecule has 6 rings (SSSR count). The van der Waals surface area contributed by atoms with Gasteiger partial charge in [-0.1, -0.05) is 53.7 Å². The Morgan fingerprint density at radius 1 is 0.717 bits per heavy atom. The van der Waals surface area contributed by atoms with Crippen LogP contribution in [0.5, 0.6) is 0 Å². The smallest absolute Gasteiger partial charge is 0.479 e. The minimum Gasteiger partial charge on any atom is -0.479 e. The normalized spacial score (nSPS) is 11.6. The van der Waals surface area contributed by atoms with E-state index in [4.69, 9.17) is 18.0 Å². The van der Waals surface area contributed by atoms with Crippen LogP contribution < -0.4 is 0 Å². The summed E-state index contributed by atoms with van der Waals surface area (Å²) < 4.78 is 5.81. The standard InChI is InChI=1S/2C17H18N9.Cu/c1-17(2,3)14-13(15(18)25(5)24-14)22-23-16-11(19-4)10-21-26(16)12-8-6-7-9-20-12;1-17(2,3)14-13(15(19)25(4)24-14)22-23-16-11(9-18)10-21-26(16)12-7-5-6-8-20-12;/h6-10,18H,1-3,5H3;5-8,10,19H,1-4H3;/q2*-1;+2. The molecule has 19 heteroatoms. The molecule has 6 aromatic heterocycles. The zero-order valence-corrected chi connectivity index (χ0v) is 31.2. The average molecular weight is 760 g/mol. The maximum atomic E-state index is 9.34. The molecule has 53 heavy (non-hydrogen) atoms. The first-order valence-corrected chi connectivity index (χ1v) is 15.8. The van der Waals surface area contributed by atoms with E-state index in [2.05, 4.69) is 61.7 Å². The van der Waals surface area contributed by atoms with Gasteiger partial charge in [0.05, 0.1) is 30.4 Å². The third-order valence-electron chi connectivity index (χ3n) is 7.40. The van der Waals surface area contributed by atoms with Gasteiger partial charge in [-0.05, 0) is 50.0 Å². The van der Waals surface area contributed by atoms with Crippen LogP contribution >= 0.6 is 0 Å². The van der Waals surface area contributed by atoms with E-state index in [1.165, 1.54) is 31.1 Å². The van der Waals surface area contributed by atoms with Crippen LogP contribution in [0.4, 0.5) is 40.3 Å². The van der Waals surface area contributed by atoms with Gasteiger partial charge in [0, 0.05) is 23.2 Å². The number of hydrogen-bond acceptors (Lipinski definition) is 11. The molecular formula is C34H36CuN18. The number of aromatic nitrogens is 10. The van der Waals surface area contributed by atoms with Gasteiger partial charge in [-0.15, -0.1) is 20.5 Å². The second-order valence-corrected chi connectivity index (χ2v) is 13.4. The number of aryl methyl sites for hydroxylation is 2. The summed E-state index contributed by atoms with van der Waals surface area (Å²) in [7, 11) is 3.38. The van der Waals surface area contributed by atoms with E-state index in [1.807, 2.05) is 53.7 Å². The predicted molar refractivity (Wildman–Crippen MR) is 194 cm³/mol. The average Bonchev–Trinajstić information content (AvgIpc) is 3.87. The first-order chi connectivity index (χ1) is 24.6. The number of nitrogens with one attached hydrogen (secondary N) is 2. The molecule has 0 bridgehead atoms. The molecule has 6 aromatic rings. The van der Waals surface area contributed by atoms with Gasteiger partial charge in [0.15, 0.2) is 23.3 Å². The largest absolute Gasteiger partial charge is 2.00 e. The molecule has 0 unspecified atom stereocenters. The van der Waals surface area contributed by atoms with Crippen molar-refractivity contribution in [1.29, 1.82) is 5.26 Å². The van der Waals surface area contributed by atoms with Crippen LogP contribution in [0, 0.1) is 17.9 Å². The molecule has 0 saturated carbocycles. The molecule has 273 valence electrons. The number of rotatable bonds is 6. The SMILES string of the molecule is Cn1nc(C(C)(C)C)c(N=Nc2c(C#N)cnn2-c2ccccn2)c1[NH-].[C-]#[N+]c1cnn(-c2ccccn2)c1N=Nc1c(C(C)(C)C)nn(C)c1[NH-].[Cu+2]. The van der Waals surface area contributed by atoms with Crippen LogP contribution in [-0.2, 0) is 42.0 Å². The van der Waals surface area contributed by atoms with Crippen LogP contribution in [-0.4, -0.2) is 49.1 Å². The summed E-state index contributed by atoms with van der Waals surface area (Å²) in [5.41, 5.74) is 18.4. The molecule has 2 N–H and O–H groups in total. The van der Waals surface area contributed by atoms with Crippen molar-refractivity contribution >= 4 is 40.3 Å². The predicted octanol–water partition coefficient (Wildman–Crippen LogP) is 9.21. The molecule has 0 atom stereocenters.